The highest BCUT2D eigenvalue weighted by molar-refractivity contribution is 7.89. The molecule has 3 aromatic carbocycles. The van der Waals surface area contributed by atoms with Gasteiger partial charge in [0.2, 0.25) is 10.0 Å². The number of ether oxygens (including phenoxy) is 1. The van der Waals surface area contributed by atoms with Gasteiger partial charge in [-0.25, -0.2) is 18.0 Å². The average molecular weight is 534 g/mol. The average Bonchev–Trinajstić information content (AvgIpc) is 2.89. The van der Waals surface area contributed by atoms with E-state index in [9.17, 15) is 18.0 Å². The van der Waals surface area contributed by atoms with E-state index in [4.69, 9.17) is 9.15 Å². The van der Waals surface area contributed by atoms with Crippen LogP contribution >= 0.6 is 0 Å². The van der Waals surface area contributed by atoms with Gasteiger partial charge in [-0.05, 0) is 55.7 Å². The lowest BCUT2D eigenvalue weighted by atomic mass is 10.00. The van der Waals surface area contributed by atoms with E-state index in [1.165, 1.54) is 18.2 Å². The summed E-state index contributed by atoms with van der Waals surface area (Å²) in [4.78, 5) is 25.9. The molecule has 198 valence electrons. The smallest absolute Gasteiger partial charge is 0.340 e. The van der Waals surface area contributed by atoms with Crippen LogP contribution in [-0.2, 0) is 21.2 Å². The number of unbranched alkanes of at least 4 members (excludes halogenated alkanes) is 1. The molecule has 8 heteroatoms. The topological polar surface area (TPSA) is 103 Å². The van der Waals surface area contributed by atoms with E-state index in [2.05, 4.69) is 4.72 Å². The zero-order valence-corrected chi connectivity index (χ0v) is 22.5. The molecule has 1 heterocycles. The van der Waals surface area contributed by atoms with Crippen LogP contribution in [0.15, 0.2) is 86.9 Å². The number of hydrogen-bond acceptors (Lipinski definition) is 6. The van der Waals surface area contributed by atoms with Gasteiger partial charge in [-0.15, -0.1) is 0 Å². The molecule has 0 aliphatic heterocycles. The maximum Gasteiger partial charge on any atom is 0.340 e. The molecule has 1 atom stereocenters. The fraction of sp³-hybridized carbons (Fsp3) is 0.267. The van der Waals surface area contributed by atoms with E-state index in [-0.39, 0.29) is 17.1 Å². The predicted octanol–water partition coefficient (Wildman–Crippen LogP) is 5.44. The van der Waals surface area contributed by atoms with E-state index in [0.717, 1.165) is 28.5 Å². The molecule has 0 saturated heterocycles. The van der Waals surface area contributed by atoms with E-state index in [1.54, 1.807) is 24.3 Å². The quantitative estimate of drug-likeness (QED) is 0.165. The van der Waals surface area contributed by atoms with Crippen molar-refractivity contribution in [1.29, 1.82) is 0 Å². The molecule has 1 N–H and O–H groups in total. The molecule has 0 radical (unpaired) electrons. The van der Waals surface area contributed by atoms with Crippen LogP contribution in [0.4, 0.5) is 0 Å². The van der Waals surface area contributed by atoms with Crippen LogP contribution in [0.25, 0.3) is 11.0 Å². The number of nitrogens with one attached hydrogen (secondary N) is 1. The number of hydrogen-bond donors (Lipinski definition) is 1. The molecule has 38 heavy (non-hydrogen) atoms. The van der Waals surface area contributed by atoms with Gasteiger partial charge in [0, 0.05) is 23.4 Å². The maximum absolute atomic E-state index is 13.1. The molecule has 1 aromatic heterocycles. The Morgan fingerprint density at radius 3 is 2.39 bits per heavy atom. The zero-order chi connectivity index (χ0) is 27.3. The summed E-state index contributed by atoms with van der Waals surface area (Å²) in [7, 11) is -3.93. The van der Waals surface area contributed by atoms with E-state index >= 15 is 0 Å². The predicted molar refractivity (Wildman–Crippen MR) is 147 cm³/mol. The van der Waals surface area contributed by atoms with Gasteiger partial charge in [0.15, 0.2) is 0 Å². The van der Waals surface area contributed by atoms with Crippen LogP contribution in [-0.4, -0.2) is 20.4 Å². The fourth-order valence-corrected chi connectivity index (χ4v) is 5.45. The van der Waals surface area contributed by atoms with Crippen molar-refractivity contribution >= 4 is 27.0 Å². The third kappa shape index (κ3) is 6.38. The van der Waals surface area contributed by atoms with Gasteiger partial charge in [0.05, 0.1) is 4.90 Å². The van der Waals surface area contributed by atoms with Crippen LogP contribution in [0.1, 0.15) is 48.4 Å². The molecule has 0 spiro atoms. The molecule has 0 fully saturated rings. The van der Waals surface area contributed by atoms with Crippen molar-refractivity contribution in [3.63, 3.8) is 0 Å². The molecule has 0 unspecified atom stereocenters. The SMILES string of the molecule is CCCC[C@@H](NS(=O)(=O)c1ccc(C)cc1)C(=O)Oc1ccc2c(C)c(Cc3ccccc3)c(=O)oc2c1. The third-order valence-electron chi connectivity index (χ3n) is 6.46. The van der Waals surface area contributed by atoms with Gasteiger partial charge in [-0.2, -0.15) is 4.72 Å². The highest BCUT2D eigenvalue weighted by atomic mass is 32.2. The van der Waals surface area contributed by atoms with Crippen molar-refractivity contribution < 1.29 is 22.4 Å². The normalized spacial score (nSPS) is 12.4. The number of sulfonamides is 1. The highest BCUT2D eigenvalue weighted by Crippen LogP contribution is 2.26. The summed E-state index contributed by atoms with van der Waals surface area (Å²) in [6, 6.07) is 19.8. The van der Waals surface area contributed by atoms with Crippen LogP contribution < -0.4 is 15.1 Å². The van der Waals surface area contributed by atoms with Crippen molar-refractivity contribution in [2.24, 2.45) is 0 Å². The second kappa shape index (κ2) is 11.8. The Kier molecular flexibility index (Phi) is 8.44. The lowest BCUT2D eigenvalue weighted by molar-refractivity contribution is -0.136. The summed E-state index contributed by atoms with van der Waals surface area (Å²) >= 11 is 0. The largest absolute Gasteiger partial charge is 0.425 e. The van der Waals surface area contributed by atoms with E-state index in [1.807, 2.05) is 51.1 Å². The number of carbonyl (C=O) groups excluding carboxylic acids is 1. The maximum atomic E-state index is 13.1. The van der Waals surface area contributed by atoms with Crippen LogP contribution in [0.2, 0.25) is 0 Å². The second-order valence-electron chi connectivity index (χ2n) is 9.36. The summed E-state index contributed by atoms with van der Waals surface area (Å²) in [6.45, 7) is 5.68. The second-order valence-corrected chi connectivity index (χ2v) is 11.1. The molecule has 4 aromatic rings. The minimum absolute atomic E-state index is 0.0756. The number of benzene rings is 3. The summed E-state index contributed by atoms with van der Waals surface area (Å²) in [5.74, 6) is -0.565. The Labute approximate surface area is 222 Å². The summed E-state index contributed by atoms with van der Waals surface area (Å²) in [5.41, 5.74) is 3.13. The first-order valence-electron chi connectivity index (χ1n) is 12.6. The number of rotatable bonds is 10. The standard InChI is InChI=1S/C30H31NO6S/c1-4-5-11-27(31-38(34,35)24-15-12-20(2)13-16-24)30(33)36-23-14-17-25-21(3)26(29(32)37-28(25)19-23)18-22-9-7-6-8-10-22/h6-10,12-17,19,27,31H,4-5,11,18H2,1-3H3/t27-/m1/s1. The van der Waals surface area contributed by atoms with Gasteiger partial charge in [-0.3, -0.25) is 0 Å². The lowest BCUT2D eigenvalue weighted by Gasteiger charge is -2.18. The first-order chi connectivity index (χ1) is 18.2. The van der Waals surface area contributed by atoms with Crippen molar-refractivity contribution in [1.82, 2.24) is 4.72 Å². The molecule has 7 nitrogen and oxygen atoms in total. The highest BCUT2D eigenvalue weighted by Gasteiger charge is 2.27. The fourth-order valence-electron chi connectivity index (χ4n) is 4.24. The number of aryl methyl sites for hydroxylation is 2. The molecular formula is C30H31NO6S. The van der Waals surface area contributed by atoms with E-state index < -0.39 is 27.7 Å². The monoisotopic (exact) mass is 533 g/mol. The first kappa shape index (κ1) is 27.3. The van der Waals surface area contributed by atoms with Crippen molar-refractivity contribution in [2.75, 3.05) is 0 Å². The summed E-state index contributed by atoms with van der Waals surface area (Å²) in [5, 5.41) is 0.734. The van der Waals surface area contributed by atoms with Crippen molar-refractivity contribution in [3.8, 4) is 5.75 Å². The molecule has 0 aliphatic rings. The molecule has 0 bridgehead atoms. The Balaban J connectivity index is 1.56. The molecule has 4 rings (SSSR count). The zero-order valence-electron chi connectivity index (χ0n) is 21.7. The molecule has 0 saturated carbocycles. The van der Waals surface area contributed by atoms with Crippen molar-refractivity contribution in [3.05, 3.63) is 105 Å². The minimum Gasteiger partial charge on any atom is -0.425 e. The third-order valence-corrected chi connectivity index (χ3v) is 7.95. The van der Waals surface area contributed by atoms with Crippen LogP contribution in [0.3, 0.4) is 0 Å². The summed E-state index contributed by atoms with van der Waals surface area (Å²) in [6.07, 6.45) is 2.14. The van der Waals surface area contributed by atoms with Gasteiger partial charge in [0.25, 0.3) is 0 Å². The number of fused-ring (bicyclic) bond motifs is 1. The van der Waals surface area contributed by atoms with Gasteiger partial charge >= 0.3 is 11.6 Å². The molecule has 0 amide bonds. The van der Waals surface area contributed by atoms with Crippen molar-refractivity contribution in [2.45, 2.75) is 57.4 Å². The first-order valence-corrected chi connectivity index (χ1v) is 14.1. The van der Waals surface area contributed by atoms with Gasteiger partial charge in [-0.1, -0.05) is 67.8 Å². The Morgan fingerprint density at radius 1 is 1.00 bits per heavy atom. The minimum atomic E-state index is -3.93. The number of esters is 1. The van der Waals surface area contributed by atoms with Gasteiger partial charge < -0.3 is 9.15 Å². The van der Waals surface area contributed by atoms with Crippen LogP contribution in [0, 0.1) is 13.8 Å². The molecular weight excluding hydrogens is 502 g/mol. The number of carbonyl (C=O) groups is 1. The van der Waals surface area contributed by atoms with E-state index in [0.29, 0.717) is 24.0 Å². The summed E-state index contributed by atoms with van der Waals surface area (Å²) < 4.78 is 39.5. The lowest BCUT2D eigenvalue weighted by Crippen LogP contribution is -2.42. The Morgan fingerprint density at radius 2 is 1.71 bits per heavy atom. The van der Waals surface area contributed by atoms with Crippen LogP contribution in [0.5, 0.6) is 5.75 Å². The Hall–Kier alpha value is -3.75. The Bertz CT molecular complexity index is 1590. The van der Waals surface area contributed by atoms with Gasteiger partial charge in [0.1, 0.15) is 17.4 Å². The molecule has 0 aliphatic carbocycles.